The van der Waals surface area contributed by atoms with Crippen LogP contribution >= 0.6 is 11.8 Å². The predicted octanol–water partition coefficient (Wildman–Crippen LogP) is 3.31. The Morgan fingerprint density at radius 1 is 1.35 bits per heavy atom. The summed E-state index contributed by atoms with van der Waals surface area (Å²) < 4.78 is 5.51. The number of rotatable bonds is 6. The number of ether oxygens (including phenoxy) is 1. The summed E-state index contributed by atoms with van der Waals surface area (Å²) in [6, 6.07) is 10.1. The van der Waals surface area contributed by atoms with Crippen molar-refractivity contribution in [2.75, 3.05) is 12.4 Å². The van der Waals surface area contributed by atoms with Crippen LogP contribution in [0.2, 0.25) is 0 Å². The Labute approximate surface area is 107 Å². The topological polar surface area (TPSA) is 26.3 Å². The Morgan fingerprint density at radius 3 is 2.88 bits per heavy atom. The Morgan fingerprint density at radius 2 is 2.18 bits per heavy atom. The van der Waals surface area contributed by atoms with Crippen molar-refractivity contribution in [3.8, 4) is 0 Å². The molecule has 1 aromatic carbocycles. The number of ketones is 1. The highest BCUT2D eigenvalue weighted by Crippen LogP contribution is 2.20. The van der Waals surface area contributed by atoms with E-state index in [9.17, 15) is 4.79 Å². The molecule has 0 N–H and O–H groups in total. The van der Waals surface area contributed by atoms with Crippen LogP contribution in [0.25, 0.3) is 0 Å². The van der Waals surface area contributed by atoms with E-state index in [0.717, 1.165) is 30.8 Å². The summed E-state index contributed by atoms with van der Waals surface area (Å²) in [5.74, 6) is 0.908. The molecule has 1 heterocycles. The summed E-state index contributed by atoms with van der Waals surface area (Å²) in [6.07, 6.45) is 4.16. The highest BCUT2D eigenvalue weighted by atomic mass is 32.2. The van der Waals surface area contributed by atoms with E-state index in [2.05, 4.69) is 0 Å². The molecule has 0 aromatic heterocycles. The van der Waals surface area contributed by atoms with E-state index in [1.807, 2.05) is 30.3 Å². The molecule has 1 aliphatic heterocycles. The van der Waals surface area contributed by atoms with Crippen LogP contribution in [0.15, 0.2) is 35.2 Å². The van der Waals surface area contributed by atoms with E-state index >= 15 is 0 Å². The van der Waals surface area contributed by atoms with Crippen molar-refractivity contribution in [3.05, 3.63) is 30.3 Å². The molecule has 0 aliphatic carbocycles. The van der Waals surface area contributed by atoms with Gasteiger partial charge in [0.1, 0.15) is 5.78 Å². The third-order valence-corrected chi connectivity index (χ3v) is 3.98. The molecule has 1 atom stereocenters. The molecule has 0 spiro atoms. The molecule has 0 unspecified atom stereocenters. The van der Waals surface area contributed by atoms with E-state index in [-0.39, 0.29) is 0 Å². The largest absolute Gasteiger partial charge is 0.378 e. The fourth-order valence-electron chi connectivity index (χ4n) is 1.95. The molecular formula is C14H18O2S. The molecule has 2 nitrogen and oxygen atoms in total. The quantitative estimate of drug-likeness (QED) is 0.725. The Balaban J connectivity index is 1.64. The minimum atomic E-state index is 0.328. The second-order valence-electron chi connectivity index (χ2n) is 4.31. The number of hydrogen-bond donors (Lipinski definition) is 0. The summed E-state index contributed by atoms with van der Waals surface area (Å²) >= 11 is 1.62. The number of hydrogen-bond acceptors (Lipinski definition) is 3. The minimum absolute atomic E-state index is 0.328. The van der Waals surface area contributed by atoms with Crippen LogP contribution in [-0.2, 0) is 9.53 Å². The van der Waals surface area contributed by atoms with E-state index < -0.39 is 0 Å². The van der Waals surface area contributed by atoms with Gasteiger partial charge < -0.3 is 4.74 Å². The minimum Gasteiger partial charge on any atom is -0.378 e. The zero-order chi connectivity index (χ0) is 11.9. The summed E-state index contributed by atoms with van der Waals surface area (Å²) in [4.78, 5) is 12.9. The second kappa shape index (κ2) is 6.82. The lowest BCUT2D eigenvalue weighted by molar-refractivity contribution is -0.117. The van der Waals surface area contributed by atoms with Crippen LogP contribution in [0.5, 0.6) is 0 Å². The first kappa shape index (κ1) is 12.7. The molecule has 1 fully saturated rings. The molecule has 17 heavy (non-hydrogen) atoms. The third-order valence-electron chi connectivity index (χ3n) is 2.91. The molecule has 1 aliphatic rings. The summed E-state index contributed by atoms with van der Waals surface area (Å²) in [5, 5.41) is 0. The van der Waals surface area contributed by atoms with E-state index in [1.54, 1.807) is 11.8 Å². The monoisotopic (exact) mass is 250 g/mol. The lowest BCUT2D eigenvalue weighted by atomic mass is 10.1. The first-order valence-electron chi connectivity index (χ1n) is 6.16. The Hall–Kier alpha value is -0.800. The molecule has 0 saturated carbocycles. The summed E-state index contributed by atoms with van der Waals surface area (Å²) in [6.45, 7) is 0.873. The van der Waals surface area contributed by atoms with Gasteiger partial charge in [-0.25, -0.2) is 0 Å². The molecule has 0 radical (unpaired) electrons. The third kappa shape index (κ3) is 4.52. The van der Waals surface area contributed by atoms with Gasteiger partial charge in [0.15, 0.2) is 0 Å². The van der Waals surface area contributed by atoms with Crippen molar-refractivity contribution in [1.29, 1.82) is 0 Å². The second-order valence-corrected chi connectivity index (χ2v) is 5.36. The molecule has 2 rings (SSSR count). The van der Waals surface area contributed by atoms with Gasteiger partial charge in [0, 0.05) is 17.9 Å². The van der Waals surface area contributed by atoms with Gasteiger partial charge in [0.25, 0.3) is 0 Å². The first-order chi connectivity index (χ1) is 8.34. The van der Waals surface area contributed by atoms with Crippen LogP contribution < -0.4 is 0 Å². The first-order valence-corrected chi connectivity index (χ1v) is 7.14. The normalized spacial score (nSPS) is 19.4. The van der Waals surface area contributed by atoms with E-state index in [4.69, 9.17) is 4.74 Å². The molecule has 3 heteroatoms. The summed E-state index contributed by atoms with van der Waals surface area (Å²) in [5.41, 5.74) is 0. The highest BCUT2D eigenvalue weighted by molar-refractivity contribution is 8.00. The van der Waals surface area contributed by atoms with Gasteiger partial charge in [0.2, 0.25) is 0 Å². The van der Waals surface area contributed by atoms with Crippen molar-refractivity contribution in [3.63, 3.8) is 0 Å². The fourth-order valence-corrected chi connectivity index (χ4v) is 2.77. The van der Waals surface area contributed by atoms with Gasteiger partial charge in [0.05, 0.1) is 11.9 Å². The number of benzene rings is 1. The summed E-state index contributed by atoms with van der Waals surface area (Å²) in [7, 11) is 0. The lowest BCUT2D eigenvalue weighted by Crippen LogP contribution is -2.09. The van der Waals surface area contributed by atoms with Gasteiger partial charge in [-0.1, -0.05) is 18.2 Å². The van der Waals surface area contributed by atoms with Crippen molar-refractivity contribution in [1.82, 2.24) is 0 Å². The van der Waals surface area contributed by atoms with Crippen LogP contribution in [-0.4, -0.2) is 24.2 Å². The molecule has 0 bridgehead atoms. The molecule has 1 saturated heterocycles. The van der Waals surface area contributed by atoms with Gasteiger partial charge >= 0.3 is 0 Å². The van der Waals surface area contributed by atoms with Crippen molar-refractivity contribution < 1.29 is 9.53 Å². The molecule has 1 aromatic rings. The molecule has 92 valence electrons. The van der Waals surface area contributed by atoms with Crippen LogP contribution in [0.1, 0.15) is 25.7 Å². The number of Topliss-reactive ketones (excluding diaryl/α,β-unsaturated/α-hetero) is 1. The zero-order valence-corrected chi connectivity index (χ0v) is 10.7. The maximum Gasteiger partial charge on any atom is 0.143 e. The smallest absolute Gasteiger partial charge is 0.143 e. The fraction of sp³-hybridized carbons (Fsp3) is 0.500. The lowest BCUT2D eigenvalue weighted by Gasteiger charge is -2.07. The van der Waals surface area contributed by atoms with Gasteiger partial charge in [-0.15, -0.1) is 11.8 Å². The van der Waals surface area contributed by atoms with Crippen molar-refractivity contribution >= 4 is 17.5 Å². The molecular weight excluding hydrogens is 232 g/mol. The van der Waals surface area contributed by atoms with Gasteiger partial charge in [-0.2, -0.15) is 0 Å². The maximum atomic E-state index is 11.7. The molecule has 0 amide bonds. The number of carbonyl (C=O) groups is 1. The van der Waals surface area contributed by atoms with Gasteiger partial charge in [-0.3, -0.25) is 4.79 Å². The predicted molar refractivity (Wildman–Crippen MR) is 70.4 cm³/mol. The Kier molecular flexibility index (Phi) is 5.08. The van der Waals surface area contributed by atoms with E-state index in [0.29, 0.717) is 24.1 Å². The average molecular weight is 250 g/mol. The van der Waals surface area contributed by atoms with Crippen LogP contribution in [0, 0.1) is 0 Å². The Bertz CT molecular complexity index is 344. The zero-order valence-electron chi connectivity index (χ0n) is 9.93. The maximum absolute atomic E-state index is 11.7. The SMILES string of the molecule is O=C(CC[C@@H]1CCCO1)CSc1ccccc1. The standard InChI is InChI=1S/C14H18O2S/c15-12(8-9-13-5-4-10-16-13)11-17-14-6-2-1-3-7-14/h1-3,6-7,13H,4-5,8-11H2/t13-/m0/s1. The van der Waals surface area contributed by atoms with Crippen molar-refractivity contribution in [2.24, 2.45) is 0 Å². The average Bonchev–Trinajstić information content (AvgIpc) is 2.88. The number of carbonyl (C=O) groups excluding carboxylic acids is 1. The van der Waals surface area contributed by atoms with Crippen molar-refractivity contribution in [2.45, 2.75) is 36.7 Å². The number of thioether (sulfide) groups is 1. The van der Waals surface area contributed by atoms with Gasteiger partial charge in [-0.05, 0) is 31.4 Å². The highest BCUT2D eigenvalue weighted by Gasteiger charge is 2.16. The van der Waals surface area contributed by atoms with Crippen LogP contribution in [0.4, 0.5) is 0 Å². The van der Waals surface area contributed by atoms with Crippen LogP contribution in [0.3, 0.4) is 0 Å². The van der Waals surface area contributed by atoms with E-state index in [1.165, 1.54) is 0 Å².